The number of carbonyl (C=O) groups is 1. The van der Waals surface area contributed by atoms with Crippen LogP contribution in [0.2, 0.25) is 0 Å². The van der Waals surface area contributed by atoms with E-state index in [1.54, 1.807) is 11.3 Å². The summed E-state index contributed by atoms with van der Waals surface area (Å²) in [6.07, 6.45) is 0. The maximum absolute atomic E-state index is 12.3. The van der Waals surface area contributed by atoms with E-state index in [0.717, 1.165) is 28.7 Å². The third-order valence-electron chi connectivity index (χ3n) is 4.14. The van der Waals surface area contributed by atoms with Crippen LogP contribution in [0.4, 0.5) is 0 Å². The highest BCUT2D eigenvalue weighted by Crippen LogP contribution is 2.23. The van der Waals surface area contributed by atoms with E-state index in [0.29, 0.717) is 12.1 Å². The molecule has 24 heavy (non-hydrogen) atoms. The van der Waals surface area contributed by atoms with Crippen molar-refractivity contribution in [2.45, 2.75) is 20.0 Å². The molecule has 3 rings (SSSR count). The molecule has 0 aliphatic carbocycles. The molecule has 3 aromatic rings. The van der Waals surface area contributed by atoms with Crippen LogP contribution in [0.25, 0.3) is 10.9 Å². The Morgan fingerprint density at radius 3 is 2.71 bits per heavy atom. The van der Waals surface area contributed by atoms with Gasteiger partial charge in [0.15, 0.2) is 0 Å². The molecule has 1 unspecified atom stereocenters. The molecule has 1 N–H and O–H groups in total. The van der Waals surface area contributed by atoms with Gasteiger partial charge in [-0.2, -0.15) is 0 Å². The summed E-state index contributed by atoms with van der Waals surface area (Å²) in [6.45, 7) is 3.55. The zero-order valence-electron chi connectivity index (χ0n) is 14.1. The molecule has 0 spiro atoms. The van der Waals surface area contributed by atoms with Gasteiger partial charge in [0, 0.05) is 5.39 Å². The molecule has 0 saturated heterocycles. The smallest absolute Gasteiger partial charge is 0.340 e. The van der Waals surface area contributed by atoms with Crippen LogP contribution in [0, 0.1) is 6.92 Å². The number of thiophene rings is 1. The molecule has 2 heterocycles. The lowest BCUT2D eigenvalue weighted by atomic mass is 10.0. The molecule has 0 bridgehead atoms. The topological polar surface area (TPSA) is 43.6 Å². The van der Waals surface area contributed by atoms with Crippen molar-refractivity contribution in [2.75, 3.05) is 14.2 Å². The predicted octanol–water partition coefficient (Wildman–Crippen LogP) is 2.61. The highest BCUT2D eigenvalue weighted by molar-refractivity contribution is 7.09. The molecule has 1 aromatic carbocycles. The second-order valence-corrected chi connectivity index (χ2v) is 6.99. The minimum absolute atomic E-state index is 0.315. The number of benzene rings is 1. The van der Waals surface area contributed by atoms with Crippen molar-refractivity contribution in [1.82, 2.24) is 4.98 Å². The Morgan fingerprint density at radius 1 is 1.21 bits per heavy atom. The number of aromatic nitrogens is 1. The van der Waals surface area contributed by atoms with Gasteiger partial charge in [-0.1, -0.05) is 24.3 Å². The number of fused-ring (bicyclic) bond motifs is 1. The van der Waals surface area contributed by atoms with Gasteiger partial charge in [-0.15, -0.1) is 11.3 Å². The van der Waals surface area contributed by atoms with Crippen molar-refractivity contribution in [3.63, 3.8) is 0 Å². The van der Waals surface area contributed by atoms with E-state index in [4.69, 9.17) is 9.72 Å². The van der Waals surface area contributed by atoms with Crippen LogP contribution in [-0.4, -0.2) is 25.1 Å². The van der Waals surface area contributed by atoms with Gasteiger partial charge in [0.05, 0.1) is 30.1 Å². The summed E-state index contributed by atoms with van der Waals surface area (Å²) < 4.78 is 5.01. The van der Waals surface area contributed by atoms with Gasteiger partial charge >= 0.3 is 5.97 Å². The molecule has 0 fully saturated rings. The van der Waals surface area contributed by atoms with Crippen LogP contribution in [0.3, 0.4) is 0 Å². The molecule has 0 aliphatic heterocycles. The van der Waals surface area contributed by atoms with Gasteiger partial charge in [-0.05, 0) is 30.0 Å². The summed E-state index contributed by atoms with van der Waals surface area (Å²) in [6, 6.07) is 12.1. The van der Waals surface area contributed by atoms with E-state index < -0.39 is 0 Å². The normalized spacial score (nSPS) is 12.3. The van der Waals surface area contributed by atoms with E-state index in [-0.39, 0.29) is 5.97 Å². The van der Waals surface area contributed by atoms with Crippen molar-refractivity contribution >= 4 is 28.2 Å². The number of methoxy groups -OCH3 is 1. The maximum Gasteiger partial charge on any atom is 0.340 e. The SMILES string of the molecule is COC(=O)c1c(C[NH+](C)Cc2cccs2)nc2ccccc2c1C. The lowest BCUT2D eigenvalue weighted by Gasteiger charge is -2.17. The van der Waals surface area contributed by atoms with Crippen LogP contribution in [0.15, 0.2) is 41.8 Å². The third kappa shape index (κ3) is 3.32. The highest BCUT2D eigenvalue weighted by atomic mass is 32.1. The van der Waals surface area contributed by atoms with Gasteiger partial charge in [-0.25, -0.2) is 9.78 Å². The fourth-order valence-electron chi connectivity index (χ4n) is 3.00. The van der Waals surface area contributed by atoms with Gasteiger partial charge in [0.2, 0.25) is 0 Å². The first-order valence-corrected chi connectivity index (χ1v) is 8.78. The van der Waals surface area contributed by atoms with Crippen molar-refractivity contribution < 1.29 is 14.4 Å². The van der Waals surface area contributed by atoms with Gasteiger partial charge < -0.3 is 9.64 Å². The van der Waals surface area contributed by atoms with Crippen LogP contribution < -0.4 is 4.90 Å². The minimum atomic E-state index is -0.315. The van der Waals surface area contributed by atoms with E-state index in [1.165, 1.54) is 16.9 Å². The number of nitrogens with zero attached hydrogens (tertiary/aromatic N) is 1. The van der Waals surface area contributed by atoms with Crippen LogP contribution >= 0.6 is 11.3 Å². The lowest BCUT2D eigenvalue weighted by molar-refractivity contribution is -0.907. The number of pyridine rings is 1. The fourth-order valence-corrected chi connectivity index (χ4v) is 3.82. The molecule has 0 radical (unpaired) electrons. The first-order valence-electron chi connectivity index (χ1n) is 7.90. The van der Waals surface area contributed by atoms with Gasteiger partial charge in [-0.3, -0.25) is 0 Å². The zero-order valence-corrected chi connectivity index (χ0v) is 14.9. The average molecular weight is 341 g/mol. The van der Waals surface area contributed by atoms with Crippen molar-refractivity contribution in [1.29, 1.82) is 0 Å². The number of aryl methyl sites for hydroxylation is 1. The Bertz CT molecular complexity index is 859. The summed E-state index contributed by atoms with van der Waals surface area (Å²) in [4.78, 5) is 19.7. The highest BCUT2D eigenvalue weighted by Gasteiger charge is 2.21. The summed E-state index contributed by atoms with van der Waals surface area (Å²) in [5.74, 6) is -0.315. The number of hydrogen-bond acceptors (Lipinski definition) is 4. The molecule has 1 atom stereocenters. The summed E-state index contributed by atoms with van der Waals surface area (Å²) in [5.41, 5.74) is 3.25. The summed E-state index contributed by atoms with van der Waals surface area (Å²) >= 11 is 1.75. The number of rotatable bonds is 5. The lowest BCUT2D eigenvalue weighted by Crippen LogP contribution is -3.06. The standard InChI is InChI=1S/C19H20N2O2S/c1-13-15-8-4-5-9-16(15)20-17(18(13)19(22)23-3)12-21(2)11-14-7-6-10-24-14/h4-10H,11-12H2,1-3H3/p+1. The maximum atomic E-state index is 12.3. The number of hydrogen-bond donors (Lipinski definition) is 1. The molecule has 4 nitrogen and oxygen atoms in total. The molecule has 124 valence electrons. The molecular formula is C19H21N2O2S+. The first-order chi connectivity index (χ1) is 11.6. The van der Waals surface area contributed by atoms with Crippen molar-refractivity contribution in [3.8, 4) is 0 Å². The van der Waals surface area contributed by atoms with Crippen LogP contribution in [-0.2, 0) is 17.8 Å². The van der Waals surface area contributed by atoms with Gasteiger partial charge in [0.25, 0.3) is 0 Å². The van der Waals surface area contributed by atoms with E-state index >= 15 is 0 Å². The van der Waals surface area contributed by atoms with Gasteiger partial charge in [0.1, 0.15) is 18.8 Å². The largest absolute Gasteiger partial charge is 0.465 e. The molecule has 0 amide bonds. The van der Waals surface area contributed by atoms with E-state index in [9.17, 15) is 4.79 Å². The summed E-state index contributed by atoms with van der Waals surface area (Å²) in [7, 11) is 3.54. The second kappa shape index (κ2) is 7.11. The molecule has 0 saturated carbocycles. The second-order valence-electron chi connectivity index (χ2n) is 5.96. The first kappa shape index (κ1) is 16.6. The van der Waals surface area contributed by atoms with Crippen molar-refractivity contribution in [2.24, 2.45) is 0 Å². The Balaban J connectivity index is 2.00. The Morgan fingerprint density at radius 2 is 2.00 bits per heavy atom. The fraction of sp³-hybridized carbons (Fsp3) is 0.263. The molecular weight excluding hydrogens is 320 g/mol. The zero-order chi connectivity index (χ0) is 17.1. The monoisotopic (exact) mass is 341 g/mol. The predicted molar refractivity (Wildman–Crippen MR) is 96.4 cm³/mol. The number of ether oxygens (including phenoxy) is 1. The number of para-hydroxylation sites is 1. The average Bonchev–Trinajstić information content (AvgIpc) is 3.07. The molecule has 2 aromatic heterocycles. The third-order valence-corrected chi connectivity index (χ3v) is 5.02. The Labute approximate surface area is 145 Å². The van der Waals surface area contributed by atoms with Crippen molar-refractivity contribution in [3.05, 3.63) is 63.5 Å². The molecule has 5 heteroatoms. The van der Waals surface area contributed by atoms with E-state index in [2.05, 4.69) is 24.6 Å². The number of nitrogens with one attached hydrogen (secondary N) is 1. The number of esters is 1. The number of carbonyl (C=O) groups excluding carboxylic acids is 1. The minimum Gasteiger partial charge on any atom is -0.465 e. The van der Waals surface area contributed by atoms with Crippen LogP contribution in [0.5, 0.6) is 0 Å². The van der Waals surface area contributed by atoms with E-state index in [1.807, 2.05) is 31.2 Å². The van der Waals surface area contributed by atoms with Crippen LogP contribution in [0.1, 0.15) is 26.5 Å². The summed E-state index contributed by atoms with van der Waals surface area (Å²) in [5, 5.41) is 3.08. The molecule has 0 aliphatic rings. The quantitative estimate of drug-likeness (QED) is 0.726. The Kier molecular flexibility index (Phi) is 4.92. The number of quaternary nitrogens is 1. The Hall–Kier alpha value is -2.24.